The van der Waals surface area contributed by atoms with Crippen LogP contribution < -0.4 is 4.90 Å². The average Bonchev–Trinajstić information content (AvgIpc) is 2.81. The van der Waals surface area contributed by atoms with Crippen LogP contribution in [0.4, 0.5) is 5.82 Å². The van der Waals surface area contributed by atoms with Gasteiger partial charge in [0.15, 0.2) is 11.5 Å². The van der Waals surface area contributed by atoms with Gasteiger partial charge >= 0.3 is 0 Å². The molecule has 2 aliphatic heterocycles. The fourth-order valence-corrected chi connectivity index (χ4v) is 3.27. The number of nitrogens with zero attached hydrogens (tertiary/aromatic N) is 5. The third-order valence-electron chi connectivity index (χ3n) is 4.34. The van der Waals surface area contributed by atoms with Crippen molar-refractivity contribution in [2.24, 2.45) is 0 Å². The van der Waals surface area contributed by atoms with Gasteiger partial charge in [0.2, 0.25) is 0 Å². The van der Waals surface area contributed by atoms with Crippen molar-refractivity contribution >= 4 is 5.82 Å². The zero-order valence-electron chi connectivity index (χ0n) is 12.9. The molecule has 3 rings (SSSR count). The van der Waals surface area contributed by atoms with Crippen molar-refractivity contribution in [3.63, 3.8) is 0 Å². The van der Waals surface area contributed by atoms with Gasteiger partial charge in [-0.05, 0) is 32.4 Å². The number of ether oxygens (including phenoxy) is 1. The summed E-state index contributed by atoms with van der Waals surface area (Å²) in [6.07, 6.45) is 8.28. The van der Waals surface area contributed by atoms with Gasteiger partial charge < -0.3 is 14.5 Å². The molecule has 2 fully saturated rings. The van der Waals surface area contributed by atoms with E-state index in [4.69, 9.17) is 4.74 Å². The molecule has 1 aromatic rings. The molecular formula is C16H23N5O. The van der Waals surface area contributed by atoms with E-state index in [1.807, 2.05) is 0 Å². The second kappa shape index (κ2) is 7.52. The quantitative estimate of drug-likeness (QED) is 0.841. The summed E-state index contributed by atoms with van der Waals surface area (Å²) in [5, 5.41) is 9.23. The minimum Gasteiger partial charge on any atom is -0.375 e. The number of rotatable bonds is 3. The van der Waals surface area contributed by atoms with Gasteiger partial charge in [-0.25, -0.2) is 9.97 Å². The Morgan fingerprint density at radius 3 is 2.77 bits per heavy atom. The average molecular weight is 301 g/mol. The normalized spacial score (nSPS) is 23.8. The highest BCUT2D eigenvalue weighted by molar-refractivity contribution is 5.49. The molecular weight excluding hydrogens is 278 g/mol. The Morgan fingerprint density at radius 2 is 1.95 bits per heavy atom. The second-order valence-electron chi connectivity index (χ2n) is 5.99. The van der Waals surface area contributed by atoms with Crippen molar-refractivity contribution in [3.8, 4) is 6.07 Å². The second-order valence-corrected chi connectivity index (χ2v) is 5.99. The van der Waals surface area contributed by atoms with Crippen LogP contribution in [0.15, 0.2) is 12.4 Å². The molecule has 0 aromatic carbocycles. The van der Waals surface area contributed by atoms with E-state index in [1.54, 1.807) is 12.4 Å². The van der Waals surface area contributed by atoms with Crippen molar-refractivity contribution in [1.29, 1.82) is 5.26 Å². The summed E-state index contributed by atoms with van der Waals surface area (Å²) in [4.78, 5) is 13.2. The summed E-state index contributed by atoms with van der Waals surface area (Å²) >= 11 is 0. The molecule has 0 amide bonds. The van der Waals surface area contributed by atoms with Crippen LogP contribution in [0.1, 0.15) is 31.4 Å². The summed E-state index contributed by atoms with van der Waals surface area (Å²) in [5.74, 6) is 0.694. The van der Waals surface area contributed by atoms with Crippen LogP contribution in [0.5, 0.6) is 0 Å². The van der Waals surface area contributed by atoms with Gasteiger partial charge in [0, 0.05) is 38.6 Å². The Bertz CT molecular complexity index is 524. The standard InChI is InChI=1S/C16H23N5O/c17-11-15-16(19-6-5-18-15)21-9-4-10-22-14(13-21)12-20-7-2-1-3-8-20/h5-6,14H,1-4,7-10,12-13H2. The Hall–Kier alpha value is -1.71. The zero-order chi connectivity index (χ0) is 15.2. The molecule has 0 spiro atoms. The maximum absolute atomic E-state index is 9.23. The molecule has 1 unspecified atom stereocenters. The third-order valence-corrected chi connectivity index (χ3v) is 4.34. The van der Waals surface area contributed by atoms with Crippen LogP contribution in [-0.2, 0) is 4.74 Å². The first-order valence-electron chi connectivity index (χ1n) is 8.17. The van der Waals surface area contributed by atoms with E-state index in [2.05, 4.69) is 25.8 Å². The Labute approximate surface area is 131 Å². The highest BCUT2D eigenvalue weighted by atomic mass is 16.5. The van der Waals surface area contributed by atoms with Crippen molar-refractivity contribution in [2.45, 2.75) is 31.8 Å². The van der Waals surface area contributed by atoms with Crippen LogP contribution in [0.2, 0.25) is 0 Å². The molecule has 6 heteroatoms. The molecule has 0 N–H and O–H groups in total. The minimum absolute atomic E-state index is 0.175. The van der Waals surface area contributed by atoms with Gasteiger partial charge in [-0.3, -0.25) is 0 Å². The van der Waals surface area contributed by atoms with E-state index >= 15 is 0 Å². The number of anilines is 1. The van der Waals surface area contributed by atoms with Crippen LogP contribution >= 0.6 is 0 Å². The molecule has 3 heterocycles. The molecule has 0 radical (unpaired) electrons. The maximum atomic E-state index is 9.23. The van der Waals surface area contributed by atoms with Crippen LogP contribution in [-0.4, -0.2) is 60.3 Å². The summed E-state index contributed by atoms with van der Waals surface area (Å²) in [5.41, 5.74) is 0.404. The predicted molar refractivity (Wildman–Crippen MR) is 83.6 cm³/mol. The van der Waals surface area contributed by atoms with Gasteiger partial charge in [0.25, 0.3) is 0 Å². The first kappa shape index (κ1) is 15.2. The number of hydrogen-bond acceptors (Lipinski definition) is 6. The van der Waals surface area contributed by atoms with Crippen LogP contribution in [0.3, 0.4) is 0 Å². The SMILES string of the molecule is N#Cc1nccnc1N1CCCOC(CN2CCCCC2)C1. The molecule has 1 atom stereocenters. The molecule has 2 saturated heterocycles. The summed E-state index contributed by atoms with van der Waals surface area (Å²) in [7, 11) is 0. The number of nitriles is 1. The molecule has 0 saturated carbocycles. The van der Waals surface area contributed by atoms with Crippen molar-refractivity contribution in [3.05, 3.63) is 18.1 Å². The first-order chi connectivity index (χ1) is 10.9. The fraction of sp³-hybridized carbons (Fsp3) is 0.688. The summed E-state index contributed by atoms with van der Waals surface area (Å²) in [6, 6.07) is 2.14. The highest BCUT2D eigenvalue weighted by Crippen LogP contribution is 2.19. The lowest BCUT2D eigenvalue weighted by molar-refractivity contribution is 0.0350. The Balaban J connectivity index is 1.68. The third kappa shape index (κ3) is 3.73. The van der Waals surface area contributed by atoms with Crippen LogP contribution in [0, 0.1) is 11.3 Å². The van der Waals surface area contributed by atoms with Crippen molar-refractivity contribution in [1.82, 2.24) is 14.9 Å². The maximum Gasteiger partial charge on any atom is 0.183 e. The van der Waals surface area contributed by atoms with E-state index in [0.29, 0.717) is 11.5 Å². The number of hydrogen-bond donors (Lipinski definition) is 0. The lowest BCUT2D eigenvalue weighted by Gasteiger charge is -2.31. The molecule has 6 nitrogen and oxygen atoms in total. The minimum atomic E-state index is 0.175. The van der Waals surface area contributed by atoms with Gasteiger partial charge in [-0.2, -0.15) is 5.26 Å². The summed E-state index contributed by atoms with van der Waals surface area (Å²) in [6.45, 7) is 5.74. The summed E-state index contributed by atoms with van der Waals surface area (Å²) < 4.78 is 6.02. The van der Waals surface area contributed by atoms with Gasteiger partial charge in [0.1, 0.15) is 6.07 Å². The molecule has 0 aliphatic carbocycles. The smallest absolute Gasteiger partial charge is 0.183 e. The monoisotopic (exact) mass is 301 g/mol. The molecule has 22 heavy (non-hydrogen) atoms. The van der Waals surface area contributed by atoms with E-state index in [0.717, 1.165) is 32.7 Å². The van der Waals surface area contributed by atoms with Crippen LogP contribution in [0.25, 0.3) is 0 Å². The van der Waals surface area contributed by atoms with E-state index in [9.17, 15) is 5.26 Å². The first-order valence-corrected chi connectivity index (χ1v) is 8.17. The number of likely N-dealkylation sites (tertiary alicyclic amines) is 1. The lowest BCUT2D eigenvalue weighted by atomic mass is 10.1. The topological polar surface area (TPSA) is 65.3 Å². The fourth-order valence-electron chi connectivity index (χ4n) is 3.27. The van der Waals surface area contributed by atoms with Crippen molar-refractivity contribution < 1.29 is 4.74 Å². The lowest BCUT2D eigenvalue weighted by Crippen LogP contribution is -2.42. The molecule has 0 bridgehead atoms. The van der Waals surface area contributed by atoms with Gasteiger partial charge in [-0.15, -0.1) is 0 Å². The molecule has 1 aromatic heterocycles. The van der Waals surface area contributed by atoms with Crippen molar-refractivity contribution in [2.75, 3.05) is 44.2 Å². The largest absolute Gasteiger partial charge is 0.375 e. The van der Waals surface area contributed by atoms with E-state index < -0.39 is 0 Å². The number of aromatic nitrogens is 2. The number of piperidine rings is 1. The van der Waals surface area contributed by atoms with Gasteiger partial charge in [0.05, 0.1) is 6.10 Å². The molecule has 2 aliphatic rings. The van der Waals surface area contributed by atoms with Gasteiger partial charge in [-0.1, -0.05) is 6.42 Å². The Morgan fingerprint density at radius 1 is 1.14 bits per heavy atom. The van der Waals surface area contributed by atoms with E-state index in [-0.39, 0.29) is 6.10 Å². The van der Waals surface area contributed by atoms with E-state index in [1.165, 1.54) is 32.4 Å². The predicted octanol–water partition coefficient (Wildman–Crippen LogP) is 1.43. The zero-order valence-corrected chi connectivity index (χ0v) is 12.9. The molecule has 118 valence electrons. The Kier molecular flexibility index (Phi) is 5.20. The highest BCUT2D eigenvalue weighted by Gasteiger charge is 2.24.